The van der Waals surface area contributed by atoms with Crippen molar-refractivity contribution in [3.05, 3.63) is 66.6 Å². The van der Waals surface area contributed by atoms with E-state index in [9.17, 15) is 18.0 Å². The fraction of sp³-hybridized carbons (Fsp3) is 0.182. The average Bonchev–Trinajstić information content (AvgIpc) is 3.41. The highest BCUT2D eigenvalue weighted by Crippen LogP contribution is 2.25. The highest BCUT2D eigenvalue weighted by atomic mass is 19.1. The van der Waals surface area contributed by atoms with Gasteiger partial charge in [-0.15, -0.1) is 5.10 Å². The largest absolute Gasteiger partial charge is 0.322 e. The predicted molar refractivity (Wildman–Crippen MR) is 112 cm³/mol. The van der Waals surface area contributed by atoms with E-state index in [0.29, 0.717) is 35.2 Å². The summed E-state index contributed by atoms with van der Waals surface area (Å²) in [5, 5.41) is 7.51. The number of pyridine rings is 2. The van der Waals surface area contributed by atoms with Gasteiger partial charge in [-0.05, 0) is 42.8 Å². The zero-order valence-corrected chi connectivity index (χ0v) is 16.7. The number of hydrogen-bond donors (Lipinski definition) is 1. The van der Waals surface area contributed by atoms with Gasteiger partial charge in [-0.25, -0.2) is 27.6 Å². The Morgan fingerprint density at radius 1 is 1.12 bits per heavy atom. The second kappa shape index (κ2) is 7.95. The van der Waals surface area contributed by atoms with Crippen molar-refractivity contribution in [3.63, 3.8) is 0 Å². The number of urea groups is 1. The number of alkyl halides is 1. The van der Waals surface area contributed by atoms with Gasteiger partial charge in [-0.2, -0.15) is 0 Å². The quantitative estimate of drug-likeness (QED) is 0.517. The molecule has 4 heterocycles. The smallest absolute Gasteiger partial charge is 0.321 e. The predicted octanol–water partition coefficient (Wildman–Crippen LogP) is 4.34. The van der Waals surface area contributed by atoms with Gasteiger partial charge >= 0.3 is 6.03 Å². The molecule has 162 valence electrons. The maximum Gasteiger partial charge on any atom is 0.321 e. The van der Waals surface area contributed by atoms with Crippen molar-refractivity contribution in [2.75, 3.05) is 18.4 Å². The van der Waals surface area contributed by atoms with Crippen molar-refractivity contribution in [1.82, 2.24) is 24.6 Å². The molecule has 0 saturated carbocycles. The van der Waals surface area contributed by atoms with Gasteiger partial charge in [-0.1, -0.05) is 0 Å². The summed E-state index contributed by atoms with van der Waals surface area (Å²) in [5.41, 5.74) is 1.40. The lowest BCUT2D eigenvalue weighted by Gasteiger charge is -2.16. The van der Waals surface area contributed by atoms with Gasteiger partial charge in [0.15, 0.2) is 5.65 Å². The normalized spacial score (nSPS) is 16.0. The molecule has 2 amide bonds. The van der Waals surface area contributed by atoms with E-state index in [-0.39, 0.29) is 17.9 Å². The molecule has 10 heteroatoms. The van der Waals surface area contributed by atoms with E-state index in [1.54, 1.807) is 12.3 Å². The first-order chi connectivity index (χ1) is 15.5. The van der Waals surface area contributed by atoms with Crippen LogP contribution in [-0.4, -0.2) is 49.9 Å². The number of halogens is 3. The molecule has 7 nitrogen and oxygen atoms in total. The molecule has 3 aromatic heterocycles. The second-order valence-electron chi connectivity index (χ2n) is 7.47. The number of likely N-dealkylation sites (tertiary alicyclic amines) is 1. The number of aromatic nitrogens is 4. The van der Waals surface area contributed by atoms with Crippen LogP contribution in [-0.2, 0) is 0 Å². The maximum atomic E-state index is 14.6. The summed E-state index contributed by atoms with van der Waals surface area (Å²) in [6, 6.07) is 8.09. The number of rotatable bonds is 3. The zero-order valence-electron chi connectivity index (χ0n) is 16.7. The number of nitrogens with zero attached hydrogens (tertiary/aromatic N) is 5. The molecular formula is C22H17F3N6O. The fourth-order valence-electron chi connectivity index (χ4n) is 3.64. The topological polar surface area (TPSA) is 75.9 Å². The SMILES string of the molecule is O=C(Nc1ccc(F)c(-n2cc3cc(-c4ncccc4F)cnc3n2)c1)N1CC[C@@H](F)C1. The number of amides is 2. The molecule has 1 aliphatic rings. The van der Waals surface area contributed by atoms with E-state index >= 15 is 0 Å². The minimum atomic E-state index is -1.03. The summed E-state index contributed by atoms with van der Waals surface area (Å²) in [7, 11) is 0. The van der Waals surface area contributed by atoms with Gasteiger partial charge in [0.1, 0.15) is 29.2 Å². The van der Waals surface area contributed by atoms with Crippen LogP contribution in [0.5, 0.6) is 0 Å². The molecule has 0 bridgehead atoms. The van der Waals surface area contributed by atoms with Gasteiger partial charge in [0, 0.05) is 41.8 Å². The van der Waals surface area contributed by atoms with Crippen LogP contribution < -0.4 is 5.32 Å². The van der Waals surface area contributed by atoms with E-state index in [2.05, 4.69) is 20.4 Å². The third-order valence-corrected chi connectivity index (χ3v) is 5.25. The van der Waals surface area contributed by atoms with E-state index in [0.717, 1.165) is 0 Å². The van der Waals surface area contributed by atoms with Crippen LogP contribution in [0.1, 0.15) is 6.42 Å². The van der Waals surface area contributed by atoms with Crippen molar-refractivity contribution in [1.29, 1.82) is 0 Å². The summed E-state index contributed by atoms with van der Waals surface area (Å²) in [5.74, 6) is -1.04. The Morgan fingerprint density at radius 2 is 2.00 bits per heavy atom. The van der Waals surface area contributed by atoms with Gasteiger partial charge in [-0.3, -0.25) is 4.98 Å². The lowest BCUT2D eigenvalue weighted by atomic mass is 10.1. The third kappa shape index (κ3) is 3.75. The fourth-order valence-corrected chi connectivity index (χ4v) is 3.64. The molecule has 0 spiro atoms. The molecule has 0 aliphatic carbocycles. The van der Waals surface area contributed by atoms with Crippen LogP contribution in [0.15, 0.2) is 55.0 Å². The molecule has 1 aromatic carbocycles. The van der Waals surface area contributed by atoms with Gasteiger partial charge < -0.3 is 10.2 Å². The summed E-state index contributed by atoms with van der Waals surface area (Å²) < 4.78 is 43.3. The molecule has 0 unspecified atom stereocenters. The third-order valence-electron chi connectivity index (χ3n) is 5.25. The Labute approximate surface area is 180 Å². The Hall–Kier alpha value is -3.95. The summed E-state index contributed by atoms with van der Waals surface area (Å²) in [4.78, 5) is 22.0. The zero-order chi connectivity index (χ0) is 22.2. The lowest BCUT2D eigenvalue weighted by molar-refractivity contribution is 0.218. The standard InChI is InChI=1S/C22H17F3N6O/c23-15-5-7-30(12-15)22(32)28-16-3-4-17(24)19(9-16)31-11-14-8-13(10-27-21(14)29-31)20-18(25)2-1-6-26-20/h1-4,6,8-11,15H,5,7,12H2,(H,28,32)/t15-/m1/s1. The number of anilines is 1. The Balaban J connectivity index is 1.45. The number of hydrogen-bond acceptors (Lipinski definition) is 4. The maximum absolute atomic E-state index is 14.6. The summed E-state index contributed by atoms with van der Waals surface area (Å²) >= 11 is 0. The van der Waals surface area contributed by atoms with Crippen molar-refractivity contribution >= 4 is 22.8 Å². The number of carbonyl (C=O) groups is 1. The molecule has 1 atom stereocenters. The molecule has 0 radical (unpaired) electrons. The highest BCUT2D eigenvalue weighted by molar-refractivity contribution is 5.90. The monoisotopic (exact) mass is 438 g/mol. The minimum absolute atomic E-state index is 0.0370. The average molecular weight is 438 g/mol. The lowest BCUT2D eigenvalue weighted by Crippen LogP contribution is -2.33. The van der Waals surface area contributed by atoms with E-state index in [4.69, 9.17) is 0 Å². The van der Waals surface area contributed by atoms with Crippen LogP contribution in [0.4, 0.5) is 23.7 Å². The van der Waals surface area contributed by atoms with Crippen molar-refractivity contribution in [3.8, 4) is 16.9 Å². The first kappa shape index (κ1) is 20.0. The Morgan fingerprint density at radius 3 is 2.78 bits per heavy atom. The van der Waals surface area contributed by atoms with E-state index in [1.807, 2.05) is 0 Å². The number of benzene rings is 1. The highest BCUT2D eigenvalue weighted by Gasteiger charge is 2.26. The molecule has 5 rings (SSSR count). The molecule has 32 heavy (non-hydrogen) atoms. The molecule has 1 N–H and O–H groups in total. The van der Waals surface area contributed by atoms with Crippen LogP contribution in [0.25, 0.3) is 28.0 Å². The molecular weight excluding hydrogens is 421 g/mol. The van der Waals surface area contributed by atoms with Gasteiger partial charge in [0.2, 0.25) is 0 Å². The van der Waals surface area contributed by atoms with E-state index in [1.165, 1.54) is 52.3 Å². The number of nitrogens with one attached hydrogen (secondary N) is 1. The van der Waals surface area contributed by atoms with Crippen LogP contribution >= 0.6 is 0 Å². The second-order valence-corrected chi connectivity index (χ2v) is 7.47. The minimum Gasteiger partial charge on any atom is -0.322 e. The summed E-state index contributed by atoms with van der Waals surface area (Å²) in [6.45, 7) is 0.367. The van der Waals surface area contributed by atoms with Crippen molar-refractivity contribution in [2.45, 2.75) is 12.6 Å². The van der Waals surface area contributed by atoms with Crippen LogP contribution in [0.3, 0.4) is 0 Å². The van der Waals surface area contributed by atoms with Gasteiger partial charge in [0.25, 0.3) is 0 Å². The molecule has 4 aromatic rings. The van der Waals surface area contributed by atoms with Crippen molar-refractivity contribution in [2.24, 2.45) is 0 Å². The van der Waals surface area contributed by atoms with Crippen LogP contribution in [0.2, 0.25) is 0 Å². The molecule has 1 saturated heterocycles. The Kier molecular flexibility index (Phi) is 4.96. The summed E-state index contributed by atoms with van der Waals surface area (Å²) in [6.07, 6.45) is 3.77. The van der Waals surface area contributed by atoms with Crippen LogP contribution in [0, 0.1) is 11.6 Å². The van der Waals surface area contributed by atoms with E-state index < -0.39 is 23.8 Å². The van der Waals surface area contributed by atoms with Gasteiger partial charge in [0.05, 0.1) is 6.54 Å². The molecule has 1 fully saturated rings. The first-order valence-corrected chi connectivity index (χ1v) is 9.94. The molecule has 1 aliphatic heterocycles. The van der Waals surface area contributed by atoms with Crippen molar-refractivity contribution < 1.29 is 18.0 Å². The number of carbonyl (C=O) groups excluding carboxylic acids is 1. The number of fused-ring (bicyclic) bond motifs is 1. The first-order valence-electron chi connectivity index (χ1n) is 9.94. The Bertz CT molecular complexity index is 1320.